The maximum absolute atomic E-state index is 13.3. The van der Waals surface area contributed by atoms with Crippen molar-refractivity contribution < 1.29 is 33.7 Å². The summed E-state index contributed by atoms with van der Waals surface area (Å²) in [5, 5.41) is 11.1. The number of methoxy groups -OCH3 is 1. The maximum atomic E-state index is 13.3. The van der Waals surface area contributed by atoms with E-state index in [-0.39, 0.29) is 19.3 Å². The number of benzene rings is 1. The summed E-state index contributed by atoms with van der Waals surface area (Å²) in [5.41, 5.74) is 0.0607. The van der Waals surface area contributed by atoms with Crippen LogP contribution in [0.3, 0.4) is 0 Å². The second-order valence-corrected chi connectivity index (χ2v) is 9.28. The molecule has 0 spiro atoms. The number of hydrogen-bond donors (Lipinski definition) is 1. The fourth-order valence-corrected chi connectivity index (χ4v) is 4.14. The minimum absolute atomic E-state index is 0.0522. The van der Waals surface area contributed by atoms with Crippen LogP contribution in [0.4, 0.5) is 9.59 Å². The van der Waals surface area contributed by atoms with Gasteiger partial charge < -0.3 is 19.3 Å². The summed E-state index contributed by atoms with van der Waals surface area (Å²) in [4.78, 5) is 40.9. The number of hydrogen-bond acceptors (Lipinski definition) is 7. The van der Waals surface area contributed by atoms with Crippen LogP contribution < -0.4 is 0 Å². The van der Waals surface area contributed by atoms with Gasteiger partial charge in [-0.05, 0) is 32.8 Å². The quantitative estimate of drug-likeness (QED) is 0.738. The summed E-state index contributed by atoms with van der Waals surface area (Å²) >= 11 is 0. The van der Waals surface area contributed by atoms with Crippen LogP contribution in [0, 0.1) is 5.92 Å². The highest BCUT2D eigenvalue weighted by atomic mass is 16.6. The Labute approximate surface area is 188 Å². The topological polar surface area (TPSA) is 106 Å². The third-order valence-electron chi connectivity index (χ3n) is 5.86. The average Bonchev–Trinajstić information content (AvgIpc) is 3.35. The zero-order valence-corrected chi connectivity index (χ0v) is 19.2. The number of rotatable bonds is 5. The van der Waals surface area contributed by atoms with Crippen LogP contribution in [0.2, 0.25) is 0 Å². The predicted molar refractivity (Wildman–Crippen MR) is 115 cm³/mol. The van der Waals surface area contributed by atoms with Gasteiger partial charge in [0.15, 0.2) is 0 Å². The molecular formula is C23H32N2O7. The number of cyclic esters (lactones) is 1. The van der Waals surface area contributed by atoms with E-state index >= 15 is 0 Å². The Balaban J connectivity index is 1.79. The summed E-state index contributed by atoms with van der Waals surface area (Å²) in [5.74, 6) is -1.52. The molecule has 32 heavy (non-hydrogen) atoms. The molecule has 0 aliphatic carbocycles. The molecule has 176 valence electrons. The minimum Gasteiger partial charge on any atom is -0.446 e. The number of aliphatic hydroxyl groups excluding tert-OH is 1. The summed E-state index contributed by atoms with van der Waals surface area (Å²) in [6.45, 7) is 7.12. The van der Waals surface area contributed by atoms with Crippen LogP contribution in [0.15, 0.2) is 30.3 Å². The number of imide groups is 1. The monoisotopic (exact) mass is 448 g/mol. The first-order chi connectivity index (χ1) is 15.0. The molecule has 0 unspecified atom stereocenters. The Morgan fingerprint density at radius 3 is 2.47 bits per heavy atom. The van der Waals surface area contributed by atoms with Gasteiger partial charge in [0, 0.05) is 7.11 Å². The number of likely N-dealkylation sites (tertiary alicyclic amines) is 1. The van der Waals surface area contributed by atoms with Crippen LogP contribution in [-0.4, -0.2) is 77.1 Å². The lowest BCUT2D eigenvalue weighted by Gasteiger charge is -2.33. The van der Waals surface area contributed by atoms with Crippen molar-refractivity contribution >= 4 is 18.1 Å². The molecule has 9 heteroatoms. The predicted octanol–water partition coefficient (Wildman–Crippen LogP) is 2.73. The molecule has 1 N–H and O–H groups in total. The van der Waals surface area contributed by atoms with E-state index in [0.717, 1.165) is 10.5 Å². The highest BCUT2D eigenvalue weighted by molar-refractivity contribution is 5.95. The lowest BCUT2D eigenvalue weighted by Crippen LogP contribution is -2.51. The number of carbonyl (C=O) groups is 3. The summed E-state index contributed by atoms with van der Waals surface area (Å²) in [6, 6.07) is 7.86. The van der Waals surface area contributed by atoms with Crippen LogP contribution in [0.5, 0.6) is 0 Å². The molecule has 0 aromatic heterocycles. The van der Waals surface area contributed by atoms with Crippen molar-refractivity contribution in [1.29, 1.82) is 0 Å². The van der Waals surface area contributed by atoms with Crippen LogP contribution >= 0.6 is 0 Å². The molecule has 1 aromatic carbocycles. The molecule has 0 radical (unpaired) electrons. The van der Waals surface area contributed by atoms with E-state index in [1.165, 1.54) is 12.0 Å². The van der Waals surface area contributed by atoms with Gasteiger partial charge in [-0.15, -0.1) is 0 Å². The van der Waals surface area contributed by atoms with Crippen molar-refractivity contribution in [3.05, 3.63) is 35.9 Å². The van der Waals surface area contributed by atoms with E-state index in [9.17, 15) is 19.5 Å². The van der Waals surface area contributed by atoms with Crippen LogP contribution in [-0.2, 0) is 19.0 Å². The molecule has 2 saturated heterocycles. The van der Waals surface area contributed by atoms with Gasteiger partial charge in [0.2, 0.25) is 5.91 Å². The van der Waals surface area contributed by atoms with Gasteiger partial charge in [0.1, 0.15) is 18.2 Å². The van der Waals surface area contributed by atoms with Gasteiger partial charge in [-0.2, -0.15) is 0 Å². The maximum Gasteiger partial charge on any atom is 0.417 e. The molecular weight excluding hydrogens is 416 g/mol. The Bertz CT molecular complexity index is 838. The molecule has 2 heterocycles. The van der Waals surface area contributed by atoms with Gasteiger partial charge >= 0.3 is 12.2 Å². The van der Waals surface area contributed by atoms with Crippen molar-refractivity contribution in [2.75, 3.05) is 20.3 Å². The molecule has 1 aromatic rings. The van der Waals surface area contributed by atoms with Crippen molar-refractivity contribution in [3.8, 4) is 0 Å². The van der Waals surface area contributed by atoms with E-state index in [1.807, 2.05) is 30.3 Å². The van der Waals surface area contributed by atoms with Crippen LogP contribution in [0.25, 0.3) is 0 Å². The van der Waals surface area contributed by atoms with Gasteiger partial charge in [-0.3, -0.25) is 9.69 Å². The van der Waals surface area contributed by atoms with Crippen molar-refractivity contribution in [3.63, 3.8) is 0 Å². The van der Waals surface area contributed by atoms with Gasteiger partial charge in [-0.25, -0.2) is 14.5 Å². The normalized spacial score (nSPS) is 25.4. The summed E-state index contributed by atoms with van der Waals surface area (Å²) in [7, 11) is 1.53. The molecule has 0 saturated carbocycles. The number of carbonyl (C=O) groups excluding carboxylic acids is 3. The summed E-state index contributed by atoms with van der Waals surface area (Å²) in [6.07, 6.45) is -2.49. The number of aliphatic hydroxyl groups is 1. The minimum atomic E-state index is -1.22. The summed E-state index contributed by atoms with van der Waals surface area (Å²) < 4.78 is 16.0. The molecule has 2 aliphatic rings. The second-order valence-electron chi connectivity index (χ2n) is 9.28. The van der Waals surface area contributed by atoms with Gasteiger partial charge in [0.05, 0.1) is 30.7 Å². The van der Waals surface area contributed by atoms with E-state index in [2.05, 4.69) is 0 Å². The van der Waals surface area contributed by atoms with Gasteiger partial charge in [0.25, 0.3) is 0 Å². The fourth-order valence-electron chi connectivity index (χ4n) is 4.14. The molecule has 3 rings (SSSR count). The van der Waals surface area contributed by atoms with E-state index in [1.54, 1.807) is 27.7 Å². The number of amides is 3. The fraction of sp³-hybridized carbons (Fsp3) is 0.609. The average molecular weight is 449 g/mol. The highest BCUT2D eigenvalue weighted by Gasteiger charge is 2.47. The van der Waals surface area contributed by atoms with Crippen molar-refractivity contribution in [2.45, 2.75) is 64.0 Å². The molecule has 0 bridgehead atoms. The van der Waals surface area contributed by atoms with Crippen LogP contribution in [0.1, 0.15) is 45.7 Å². The van der Waals surface area contributed by atoms with Crippen molar-refractivity contribution in [2.24, 2.45) is 5.92 Å². The zero-order valence-electron chi connectivity index (χ0n) is 19.2. The van der Waals surface area contributed by atoms with Gasteiger partial charge in [-0.1, -0.05) is 37.3 Å². The first-order valence-corrected chi connectivity index (χ1v) is 10.8. The number of ether oxygens (including phenoxy) is 3. The SMILES string of the molecule is CO[C@@H]1C[C@@H]([C@H](O)[C@@H](C)C(=O)N2C(=O)OC[C@H]2c2ccccc2)N(C(=O)OC(C)(C)C)C1. The third-order valence-corrected chi connectivity index (χ3v) is 5.86. The molecule has 3 amide bonds. The zero-order chi connectivity index (χ0) is 23.6. The second kappa shape index (κ2) is 9.46. The van der Waals surface area contributed by atoms with E-state index < -0.39 is 47.8 Å². The largest absolute Gasteiger partial charge is 0.446 e. The standard InChI is InChI=1S/C23H32N2O7/c1-14(20(27)25-18(13-31-22(25)29)15-9-7-6-8-10-15)19(26)17-11-16(30-5)12-24(17)21(28)32-23(2,3)4/h6-10,14,16-19,26H,11-13H2,1-5H3/t14-,16-,17+,18+,19-/m1/s1. The Morgan fingerprint density at radius 2 is 1.88 bits per heavy atom. The number of nitrogens with zero attached hydrogens (tertiary/aromatic N) is 2. The Morgan fingerprint density at radius 1 is 1.22 bits per heavy atom. The Kier molecular flexibility index (Phi) is 7.09. The molecule has 2 aliphatic heterocycles. The van der Waals surface area contributed by atoms with Crippen molar-refractivity contribution in [1.82, 2.24) is 9.80 Å². The Hall–Kier alpha value is -2.65. The third kappa shape index (κ3) is 5.05. The molecule has 2 fully saturated rings. The highest BCUT2D eigenvalue weighted by Crippen LogP contribution is 2.33. The smallest absolute Gasteiger partial charge is 0.417 e. The van der Waals surface area contributed by atoms with E-state index in [4.69, 9.17) is 14.2 Å². The molecule has 5 atom stereocenters. The van der Waals surface area contributed by atoms with E-state index in [0.29, 0.717) is 6.42 Å². The lowest BCUT2D eigenvalue weighted by molar-refractivity contribution is -0.138. The molecule has 9 nitrogen and oxygen atoms in total. The first kappa shape index (κ1) is 24.0. The lowest BCUT2D eigenvalue weighted by atomic mass is 9.93. The first-order valence-electron chi connectivity index (χ1n) is 10.8.